The highest BCUT2D eigenvalue weighted by Gasteiger charge is 2.32. The van der Waals surface area contributed by atoms with Crippen molar-refractivity contribution in [2.75, 3.05) is 19.7 Å². The van der Waals surface area contributed by atoms with Crippen molar-refractivity contribution in [1.82, 2.24) is 10.2 Å². The van der Waals surface area contributed by atoms with E-state index in [1.807, 2.05) is 38.1 Å². The molecule has 172 valence electrons. The summed E-state index contributed by atoms with van der Waals surface area (Å²) in [6.07, 6.45) is 1.20. The molecule has 1 aliphatic carbocycles. The van der Waals surface area contributed by atoms with Crippen LogP contribution in [0.15, 0.2) is 60.2 Å². The summed E-state index contributed by atoms with van der Waals surface area (Å²) in [5, 5.41) is 11.8. The van der Waals surface area contributed by atoms with Crippen LogP contribution in [0.5, 0.6) is 0 Å². The predicted molar refractivity (Wildman–Crippen MR) is 124 cm³/mol. The third kappa shape index (κ3) is 4.62. The van der Waals surface area contributed by atoms with Gasteiger partial charge in [0.25, 0.3) is 0 Å². The zero-order chi connectivity index (χ0) is 23.5. The van der Waals surface area contributed by atoms with Gasteiger partial charge in [0.2, 0.25) is 5.91 Å². The van der Waals surface area contributed by atoms with E-state index in [4.69, 9.17) is 9.84 Å². The molecule has 33 heavy (non-hydrogen) atoms. The van der Waals surface area contributed by atoms with Crippen LogP contribution in [0.1, 0.15) is 37.3 Å². The minimum Gasteiger partial charge on any atom is -0.478 e. The Balaban J connectivity index is 1.40. The number of hydrogen-bond acceptors (Lipinski definition) is 4. The minimum absolute atomic E-state index is 0.0574. The topological polar surface area (TPSA) is 95.9 Å². The number of nitrogens with zero attached hydrogens (tertiary/aromatic N) is 1. The summed E-state index contributed by atoms with van der Waals surface area (Å²) in [5.41, 5.74) is 4.85. The van der Waals surface area contributed by atoms with Gasteiger partial charge in [0.1, 0.15) is 12.6 Å². The van der Waals surface area contributed by atoms with Gasteiger partial charge in [0.15, 0.2) is 0 Å². The summed E-state index contributed by atoms with van der Waals surface area (Å²) in [4.78, 5) is 38.4. The number of rotatable bonds is 6. The Morgan fingerprint density at radius 3 is 2.18 bits per heavy atom. The van der Waals surface area contributed by atoms with E-state index in [-0.39, 0.29) is 37.3 Å². The first-order valence-electron chi connectivity index (χ1n) is 11.2. The lowest BCUT2D eigenvalue weighted by atomic mass is 9.98. The van der Waals surface area contributed by atoms with Crippen molar-refractivity contribution in [3.8, 4) is 11.1 Å². The molecule has 7 nitrogen and oxygen atoms in total. The van der Waals surface area contributed by atoms with Gasteiger partial charge < -0.3 is 20.1 Å². The standard InChI is InChI=1S/C26H28N2O5/c1-16(2)23(24(29)28-13-11-17(12-14-28)25(30)31)27-26(32)33-15-22-20-9-5-3-7-18(20)19-8-4-6-10-21(19)22/h3-11,16,22-23H,12-15H2,1-2H3,(H,27,32)(H,30,31). The summed E-state index contributed by atoms with van der Waals surface area (Å²) in [7, 11) is 0. The van der Waals surface area contributed by atoms with E-state index in [0.717, 1.165) is 22.3 Å². The van der Waals surface area contributed by atoms with Crippen LogP contribution in [0.4, 0.5) is 4.79 Å². The molecule has 2 aliphatic rings. The summed E-state index contributed by atoms with van der Waals surface area (Å²) in [6.45, 7) is 4.42. The molecule has 4 rings (SSSR count). The second-order valence-electron chi connectivity index (χ2n) is 8.76. The molecule has 0 bridgehead atoms. The van der Waals surface area contributed by atoms with Crippen molar-refractivity contribution < 1.29 is 24.2 Å². The summed E-state index contributed by atoms with van der Waals surface area (Å²) >= 11 is 0. The number of alkyl carbamates (subject to hydrolysis) is 1. The molecule has 2 aromatic rings. The van der Waals surface area contributed by atoms with E-state index < -0.39 is 18.1 Å². The van der Waals surface area contributed by atoms with Gasteiger partial charge >= 0.3 is 12.1 Å². The van der Waals surface area contributed by atoms with Crippen molar-refractivity contribution in [2.24, 2.45) is 5.92 Å². The molecule has 2 N–H and O–H groups in total. The Morgan fingerprint density at radius 2 is 1.67 bits per heavy atom. The number of carbonyl (C=O) groups excluding carboxylic acids is 2. The highest BCUT2D eigenvalue weighted by molar-refractivity contribution is 5.89. The van der Waals surface area contributed by atoms with E-state index in [1.54, 1.807) is 11.0 Å². The number of amides is 2. The lowest BCUT2D eigenvalue weighted by molar-refractivity contribution is -0.136. The van der Waals surface area contributed by atoms with Gasteiger partial charge in [-0.2, -0.15) is 0 Å². The third-order valence-electron chi connectivity index (χ3n) is 6.35. The third-order valence-corrected chi connectivity index (χ3v) is 6.35. The number of hydrogen-bond donors (Lipinski definition) is 2. The maximum Gasteiger partial charge on any atom is 0.407 e. The molecule has 1 atom stereocenters. The van der Waals surface area contributed by atoms with E-state index in [0.29, 0.717) is 12.1 Å². The fraction of sp³-hybridized carbons (Fsp3) is 0.346. The molecule has 1 heterocycles. The fourth-order valence-corrected chi connectivity index (χ4v) is 4.54. The van der Waals surface area contributed by atoms with E-state index in [2.05, 4.69) is 29.6 Å². The first-order valence-corrected chi connectivity index (χ1v) is 11.2. The maximum absolute atomic E-state index is 13.0. The molecule has 1 aliphatic heterocycles. The van der Waals surface area contributed by atoms with Gasteiger partial charge in [-0.25, -0.2) is 9.59 Å². The summed E-state index contributed by atoms with van der Waals surface area (Å²) in [6, 6.07) is 15.5. The lowest BCUT2D eigenvalue weighted by Gasteiger charge is -2.31. The quantitative estimate of drug-likeness (QED) is 0.701. The van der Waals surface area contributed by atoms with Crippen molar-refractivity contribution in [1.29, 1.82) is 0 Å². The number of carbonyl (C=O) groups is 3. The van der Waals surface area contributed by atoms with E-state index in [9.17, 15) is 14.4 Å². The van der Waals surface area contributed by atoms with Crippen molar-refractivity contribution in [3.63, 3.8) is 0 Å². The van der Waals surface area contributed by atoms with Crippen LogP contribution in [-0.4, -0.2) is 53.7 Å². The van der Waals surface area contributed by atoms with Gasteiger partial charge in [-0.05, 0) is 34.6 Å². The summed E-state index contributed by atoms with van der Waals surface area (Å²) < 4.78 is 5.60. The Labute approximate surface area is 193 Å². The highest BCUT2D eigenvalue weighted by Crippen LogP contribution is 2.44. The number of nitrogens with one attached hydrogen (secondary N) is 1. The van der Waals surface area contributed by atoms with E-state index in [1.165, 1.54) is 0 Å². The van der Waals surface area contributed by atoms with Gasteiger partial charge in [-0.3, -0.25) is 4.79 Å². The van der Waals surface area contributed by atoms with Crippen molar-refractivity contribution in [2.45, 2.75) is 32.2 Å². The molecule has 7 heteroatoms. The molecule has 0 fully saturated rings. The Kier molecular flexibility index (Phi) is 6.49. The van der Waals surface area contributed by atoms with Crippen LogP contribution in [0, 0.1) is 5.92 Å². The van der Waals surface area contributed by atoms with E-state index >= 15 is 0 Å². The van der Waals surface area contributed by atoms with Crippen LogP contribution in [0.2, 0.25) is 0 Å². The second kappa shape index (κ2) is 9.48. The number of benzene rings is 2. The minimum atomic E-state index is -0.959. The number of fused-ring (bicyclic) bond motifs is 3. The van der Waals surface area contributed by atoms with Crippen LogP contribution in [0.25, 0.3) is 11.1 Å². The molecule has 2 amide bonds. The molecular weight excluding hydrogens is 420 g/mol. The zero-order valence-corrected chi connectivity index (χ0v) is 18.8. The molecule has 0 radical (unpaired) electrons. The molecule has 0 saturated carbocycles. The van der Waals surface area contributed by atoms with Crippen LogP contribution in [0.3, 0.4) is 0 Å². The van der Waals surface area contributed by atoms with Gasteiger partial charge in [-0.1, -0.05) is 68.5 Å². The molecule has 0 saturated heterocycles. The van der Waals surface area contributed by atoms with Gasteiger partial charge in [0, 0.05) is 24.6 Å². The SMILES string of the molecule is CC(C)C(NC(=O)OCC1c2ccccc2-c2ccccc21)C(=O)N1CC=C(C(=O)O)CC1. The molecular formula is C26H28N2O5. The van der Waals surface area contributed by atoms with Crippen molar-refractivity contribution >= 4 is 18.0 Å². The Hall–Kier alpha value is -3.61. The first kappa shape index (κ1) is 22.6. The first-order chi connectivity index (χ1) is 15.9. The number of aliphatic carboxylic acids is 1. The van der Waals surface area contributed by atoms with Crippen LogP contribution >= 0.6 is 0 Å². The van der Waals surface area contributed by atoms with Gasteiger partial charge in [-0.15, -0.1) is 0 Å². The Bertz CT molecular complexity index is 1060. The Morgan fingerprint density at radius 1 is 1.06 bits per heavy atom. The number of ether oxygens (including phenoxy) is 1. The normalized spacial score (nSPS) is 16.0. The molecule has 0 aromatic heterocycles. The molecule has 1 unspecified atom stereocenters. The maximum atomic E-state index is 13.0. The lowest BCUT2D eigenvalue weighted by Crippen LogP contribution is -2.52. The monoisotopic (exact) mass is 448 g/mol. The number of carboxylic acids is 1. The zero-order valence-electron chi connectivity index (χ0n) is 18.8. The molecule has 2 aromatic carbocycles. The van der Waals surface area contributed by atoms with Gasteiger partial charge in [0.05, 0.1) is 0 Å². The number of carboxylic acid groups (broad SMARTS) is 1. The smallest absolute Gasteiger partial charge is 0.407 e. The highest BCUT2D eigenvalue weighted by atomic mass is 16.5. The predicted octanol–water partition coefficient (Wildman–Crippen LogP) is 3.79. The van der Waals surface area contributed by atoms with Crippen molar-refractivity contribution in [3.05, 3.63) is 71.3 Å². The largest absolute Gasteiger partial charge is 0.478 e. The summed E-state index contributed by atoms with van der Waals surface area (Å²) in [5.74, 6) is -1.40. The fourth-order valence-electron chi connectivity index (χ4n) is 4.54. The average molecular weight is 449 g/mol. The average Bonchev–Trinajstić information content (AvgIpc) is 3.14. The van der Waals surface area contributed by atoms with Crippen LogP contribution in [-0.2, 0) is 14.3 Å². The second-order valence-corrected chi connectivity index (χ2v) is 8.76. The van der Waals surface area contributed by atoms with Crippen LogP contribution < -0.4 is 5.32 Å². The molecule has 0 spiro atoms.